The summed E-state index contributed by atoms with van der Waals surface area (Å²) in [6.07, 6.45) is 0.848. The number of hydrogen-bond donors (Lipinski definition) is 0. The normalized spacial score (nSPS) is 14.5. The first-order chi connectivity index (χ1) is 33.8. The molecular formula is C66H44N2. The Kier molecular flexibility index (Phi) is 8.60. The van der Waals surface area contributed by atoms with Crippen LogP contribution in [0.25, 0.3) is 71.6 Å². The lowest BCUT2D eigenvalue weighted by Gasteiger charge is -2.46. The first kappa shape index (κ1) is 38.5. The Labute approximate surface area is 396 Å². The largest absolute Gasteiger partial charge is 0.310 e. The van der Waals surface area contributed by atoms with Gasteiger partial charge in [-0.05, 0) is 121 Å². The molecule has 1 spiro atoms. The molecule has 0 saturated carbocycles. The van der Waals surface area contributed by atoms with Crippen LogP contribution in [0, 0.1) is 0 Å². The monoisotopic (exact) mass is 864 g/mol. The number of anilines is 3. The van der Waals surface area contributed by atoms with Gasteiger partial charge in [-0.15, -0.1) is 0 Å². The lowest BCUT2D eigenvalue weighted by Crippen LogP contribution is -2.38. The molecule has 1 heterocycles. The van der Waals surface area contributed by atoms with Gasteiger partial charge in [-0.25, -0.2) is 0 Å². The predicted molar refractivity (Wildman–Crippen MR) is 284 cm³/mol. The summed E-state index contributed by atoms with van der Waals surface area (Å²) in [7, 11) is 0. The molecule has 0 aliphatic heterocycles. The van der Waals surface area contributed by atoms with E-state index < -0.39 is 5.41 Å². The highest BCUT2D eigenvalue weighted by molar-refractivity contribution is 6.12. The fraction of sp³-hybridized carbons (Fsp3) is 0.0303. The number of rotatable bonds is 6. The maximum atomic E-state index is 2.50. The Hall–Kier alpha value is -8.72. The third-order valence-corrected chi connectivity index (χ3v) is 14.8. The summed E-state index contributed by atoms with van der Waals surface area (Å²) >= 11 is 0. The van der Waals surface area contributed by atoms with Crippen LogP contribution in [0.3, 0.4) is 0 Å². The second kappa shape index (κ2) is 15.2. The third kappa shape index (κ3) is 5.58. The van der Waals surface area contributed by atoms with Crippen molar-refractivity contribution in [3.8, 4) is 39.1 Å². The predicted octanol–water partition coefficient (Wildman–Crippen LogP) is 17.0. The number of aromatic nitrogens is 1. The van der Waals surface area contributed by atoms with Crippen molar-refractivity contribution in [1.82, 2.24) is 4.57 Å². The third-order valence-electron chi connectivity index (χ3n) is 14.8. The van der Waals surface area contributed by atoms with E-state index in [-0.39, 0.29) is 0 Å². The molecule has 1 unspecified atom stereocenters. The summed E-state index contributed by atoms with van der Waals surface area (Å²) < 4.78 is 2.50. The second-order valence-corrected chi connectivity index (χ2v) is 18.3. The summed E-state index contributed by atoms with van der Waals surface area (Å²) in [4.78, 5) is 2.46. The summed E-state index contributed by atoms with van der Waals surface area (Å²) in [6, 6.07) is 94.6. The Balaban J connectivity index is 0.997. The average molecular weight is 865 g/mol. The summed E-state index contributed by atoms with van der Waals surface area (Å²) in [5, 5.41) is 5.05. The molecule has 2 nitrogen and oxygen atoms in total. The van der Waals surface area contributed by atoms with E-state index in [1.165, 1.54) is 99.5 Å². The van der Waals surface area contributed by atoms with Crippen LogP contribution in [-0.2, 0) is 11.8 Å². The lowest BCUT2D eigenvalue weighted by molar-refractivity contribution is 0.707. The van der Waals surface area contributed by atoms with Crippen LogP contribution >= 0.6 is 0 Å². The molecule has 318 valence electrons. The molecule has 0 bridgehead atoms. The summed E-state index contributed by atoms with van der Waals surface area (Å²) in [5.74, 6) is 0. The molecule has 12 aromatic rings. The van der Waals surface area contributed by atoms with Gasteiger partial charge in [0.25, 0.3) is 0 Å². The van der Waals surface area contributed by atoms with Crippen LogP contribution < -0.4 is 4.90 Å². The van der Waals surface area contributed by atoms with Crippen molar-refractivity contribution in [3.05, 3.63) is 288 Å². The van der Waals surface area contributed by atoms with E-state index in [1.54, 1.807) is 0 Å². The number of hydrogen-bond acceptors (Lipinski definition) is 1. The highest BCUT2D eigenvalue weighted by atomic mass is 15.1. The maximum absolute atomic E-state index is 2.50. The van der Waals surface area contributed by atoms with Crippen molar-refractivity contribution >= 4 is 49.6 Å². The van der Waals surface area contributed by atoms with E-state index in [4.69, 9.17) is 0 Å². The molecule has 68 heavy (non-hydrogen) atoms. The van der Waals surface area contributed by atoms with Gasteiger partial charge in [0.2, 0.25) is 0 Å². The molecule has 14 rings (SSSR count). The van der Waals surface area contributed by atoms with Crippen LogP contribution in [0.1, 0.15) is 33.4 Å². The molecule has 0 N–H and O–H groups in total. The first-order valence-corrected chi connectivity index (χ1v) is 23.7. The van der Waals surface area contributed by atoms with Gasteiger partial charge < -0.3 is 9.47 Å². The van der Waals surface area contributed by atoms with Gasteiger partial charge >= 0.3 is 0 Å². The zero-order valence-electron chi connectivity index (χ0n) is 37.4. The Morgan fingerprint density at radius 3 is 1.66 bits per heavy atom. The number of benzene rings is 11. The van der Waals surface area contributed by atoms with Gasteiger partial charge in [-0.2, -0.15) is 0 Å². The minimum absolute atomic E-state index is 0.486. The van der Waals surface area contributed by atoms with Gasteiger partial charge in [-0.1, -0.05) is 206 Å². The Morgan fingerprint density at radius 2 is 0.882 bits per heavy atom. The summed E-state index contributed by atoms with van der Waals surface area (Å²) in [5.41, 5.74) is 21.9. The second-order valence-electron chi connectivity index (χ2n) is 18.3. The average Bonchev–Trinajstić information content (AvgIpc) is 3.74. The van der Waals surface area contributed by atoms with Crippen molar-refractivity contribution < 1.29 is 0 Å². The smallest absolute Gasteiger partial charge is 0.0719 e. The highest BCUT2D eigenvalue weighted by Gasteiger charge is 2.48. The Bertz CT molecular complexity index is 3880. The van der Waals surface area contributed by atoms with Gasteiger partial charge in [0.05, 0.1) is 22.1 Å². The fourth-order valence-corrected chi connectivity index (χ4v) is 12.1. The molecule has 1 atom stereocenters. The molecule has 0 fully saturated rings. The maximum Gasteiger partial charge on any atom is 0.0719 e. The van der Waals surface area contributed by atoms with E-state index in [0.717, 1.165) is 29.0 Å². The minimum atomic E-state index is -0.486. The van der Waals surface area contributed by atoms with Gasteiger partial charge in [0.15, 0.2) is 0 Å². The topological polar surface area (TPSA) is 8.17 Å². The highest BCUT2D eigenvalue weighted by Crippen LogP contribution is 2.59. The first-order valence-electron chi connectivity index (χ1n) is 23.7. The van der Waals surface area contributed by atoms with Gasteiger partial charge in [0, 0.05) is 39.0 Å². The van der Waals surface area contributed by atoms with Crippen molar-refractivity contribution in [1.29, 1.82) is 0 Å². The zero-order chi connectivity index (χ0) is 44.8. The van der Waals surface area contributed by atoms with Crippen molar-refractivity contribution in [3.63, 3.8) is 0 Å². The lowest BCUT2D eigenvalue weighted by atomic mass is 9.55. The molecule has 0 saturated heterocycles. The quantitative estimate of drug-likeness (QED) is 0.162. The molecule has 1 aromatic heterocycles. The Morgan fingerprint density at radius 1 is 0.338 bits per heavy atom. The molecule has 11 aromatic carbocycles. The minimum Gasteiger partial charge on any atom is -0.310 e. The molecular weight excluding hydrogens is 821 g/mol. The molecule has 2 aliphatic carbocycles. The van der Waals surface area contributed by atoms with Gasteiger partial charge in [-0.3, -0.25) is 0 Å². The van der Waals surface area contributed by atoms with E-state index in [1.807, 2.05) is 0 Å². The van der Waals surface area contributed by atoms with E-state index in [0.29, 0.717) is 0 Å². The SMILES string of the molecule is c1ccc(-c2cccc(-c3ccccc3)c2-n2c3ccccc3c3cc(N(c4ccccc4)c4ccc5c(c4)Cc4ccccc4C54c5ccccc5-c5cccc6cccc4c56)ccc32)cc1. The van der Waals surface area contributed by atoms with Crippen LogP contribution in [0.4, 0.5) is 17.1 Å². The van der Waals surface area contributed by atoms with E-state index >= 15 is 0 Å². The molecule has 2 heteroatoms. The zero-order valence-corrected chi connectivity index (χ0v) is 37.4. The van der Waals surface area contributed by atoms with Crippen LogP contribution in [0.5, 0.6) is 0 Å². The van der Waals surface area contributed by atoms with Crippen molar-refractivity contribution in [2.45, 2.75) is 11.8 Å². The van der Waals surface area contributed by atoms with Crippen LogP contribution in [0.15, 0.2) is 255 Å². The molecule has 2 aliphatic rings. The summed E-state index contributed by atoms with van der Waals surface area (Å²) in [6.45, 7) is 0. The molecule has 0 radical (unpaired) electrons. The number of para-hydroxylation sites is 3. The van der Waals surface area contributed by atoms with E-state index in [9.17, 15) is 0 Å². The fourth-order valence-electron chi connectivity index (χ4n) is 12.1. The molecule has 0 amide bonds. The van der Waals surface area contributed by atoms with Gasteiger partial charge in [0.1, 0.15) is 0 Å². The van der Waals surface area contributed by atoms with E-state index in [2.05, 4.69) is 264 Å². The van der Waals surface area contributed by atoms with Crippen LogP contribution in [0.2, 0.25) is 0 Å². The number of nitrogens with zero attached hydrogens (tertiary/aromatic N) is 2. The number of fused-ring (bicyclic) bond motifs is 11. The van der Waals surface area contributed by atoms with Crippen molar-refractivity contribution in [2.24, 2.45) is 0 Å². The van der Waals surface area contributed by atoms with Crippen molar-refractivity contribution in [2.75, 3.05) is 4.90 Å². The standard InChI is InChI=1S/C66H44N2/c1-4-19-44(20-5-1)52-30-18-31-53(45-21-6-2-7-22-45)65(52)68-62-36-15-12-29-55(62)57-43-51(38-40-63(57)68)67(49-26-8-3-9-27-49)50-37-39-59-48(42-50)41-47-23-10-13-33-58(47)66(59)60-34-14-11-28-54(60)56-32-16-24-46-25-17-35-61(66)64(46)56/h1-40,42-43H,41H2. The van der Waals surface area contributed by atoms with Crippen LogP contribution in [-0.4, -0.2) is 4.57 Å².